The molecular weight excluding hydrogens is 523 g/mol. The molecule has 0 spiro atoms. The van der Waals surface area contributed by atoms with Gasteiger partial charge in [0.1, 0.15) is 17.8 Å². The molecule has 1 saturated carbocycles. The molecule has 7 atom stereocenters. The van der Waals surface area contributed by atoms with E-state index in [0.717, 1.165) is 0 Å². The smallest absolute Gasteiger partial charge is 0.333 e. The number of hydrogen-bond acceptors (Lipinski definition) is 8. The largest absolute Gasteiger partial charge is 0.455 e. The number of alkyl halides is 2. The number of esters is 3. The maximum Gasteiger partial charge on any atom is 0.333 e. The molecular formula is C27H40Cl2O8. The zero-order valence-electron chi connectivity index (χ0n) is 22.8. The van der Waals surface area contributed by atoms with Crippen molar-refractivity contribution in [1.82, 2.24) is 0 Å². The quantitative estimate of drug-likeness (QED) is 0.132. The van der Waals surface area contributed by atoms with Gasteiger partial charge in [0.25, 0.3) is 0 Å². The Hall–Kier alpha value is -1.87. The lowest BCUT2D eigenvalue weighted by Crippen LogP contribution is -2.63. The molecule has 0 heterocycles. The van der Waals surface area contributed by atoms with Crippen LogP contribution in [0.15, 0.2) is 35.5 Å². The van der Waals surface area contributed by atoms with Crippen LogP contribution in [0.5, 0.6) is 0 Å². The third-order valence-corrected chi connectivity index (χ3v) is 8.07. The van der Waals surface area contributed by atoms with E-state index in [1.165, 1.54) is 27.7 Å². The van der Waals surface area contributed by atoms with Crippen LogP contribution in [0.3, 0.4) is 0 Å². The Bertz CT molecular complexity index is 931. The van der Waals surface area contributed by atoms with Gasteiger partial charge in [-0.15, -0.1) is 23.2 Å². The van der Waals surface area contributed by atoms with Crippen LogP contribution >= 0.6 is 23.2 Å². The standard InChI is InChI=1S/C27H40Cl2O8/c1-10-14(3)24(31)36-19(13-20(28)26(7,8)33)16(5)18-12-21(29)27(9,34)23(35-17(6)30)22(18)37-25(32)15(4)11-2/h10-11,18-23,33-34H,5,12-13H2,1-4,6-9H3/b14-10-,15-11-/t18-,19+,20-,21+,22+,23+,27-/m0/s1. The molecule has 0 aromatic heterocycles. The summed E-state index contributed by atoms with van der Waals surface area (Å²) in [5.41, 5.74) is -2.13. The summed E-state index contributed by atoms with van der Waals surface area (Å²) >= 11 is 13.0. The third-order valence-electron chi connectivity index (χ3n) is 6.74. The Labute approximate surface area is 229 Å². The predicted octanol–water partition coefficient (Wildman–Crippen LogP) is 4.38. The number of ether oxygens (including phenoxy) is 3. The van der Waals surface area contributed by atoms with Crippen LogP contribution in [0.1, 0.15) is 68.2 Å². The van der Waals surface area contributed by atoms with E-state index < -0.39 is 64.1 Å². The fraction of sp³-hybridized carbons (Fsp3) is 0.667. The molecule has 0 unspecified atom stereocenters. The number of hydrogen-bond donors (Lipinski definition) is 2. The molecule has 1 aliphatic rings. The van der Waals surface area contributed by atoms with Crippen LogP contribution in [-0.2, 0) is 28.6 Å². The molecule has 1 fully saturated rings. The van der Waals surface area contributed by atoms with Gasteiger partial charge in [0.2, 0.25) is 0 Å². The minimum absolute atomic E-state index is 0.0146. The molecule has 0 amide bonds. The molecule has 8 nitrogen and oxygen atoms in total. The topological polar surface area (TPSA) is 119 Å². The molecule has 0 bridgehead atoms. The maximum atomic E-state index is 12.8. The van der Waals surface area contributed by atoms with E-state index in [4.69, 9.17) is 37.4 Å². The van der Waals surface area contributed by atoms with Crippen LogP contribution in [0.2, 0.25) is 0 Å². The number of rotatable bonds is 10. The van der Waals surface area contributed by atoms with Crippen molar-refractivity contribution < 1.29 is 38.8 Å². The van der Waals surface area contributed by atoms with Crippen molar-refractivity contribution in [2.24, 2.45) is 5.92 Å². The Balaban J connectivity index is 3.60. The number of carbonyl (C=O) groups excluding carboxylic acids is 3. The number of aliphatic hydroxyl groups is 2. The lowest BCUT2D eigenvalue weighted by Gasteiger charge is -2.48. The van der Waals surface area contributed by atoms with Gasteiger partial charge in [-0.1, -0.05) is 18.7 Å². The van der Waals surface area contributed by atoms with E-state index in [2.05, 4.69) is 6.58 Å². The number of allylic oxidation sites excluding steroid dienone is 2. The lowest BCUT2D eigenvalue weighted by atomic mass is 9.71. The normalized spacial score (nSPS) is 28.6. The van der Waals surface area contributed by atoms with Gasteiger partial charge in [-0.3, -0.25) is 4.79 Å². The highest BCUT2D eigenvalue weighted by molar-refractivity contribution is 6.21. The monoisotopic (exact) mass is 562 g/mol. The average Bonchev–Trinajstić information content (AvgIpc) is 2.80. The SMILES string of the molecule is C=C([C@@H](C[C@H](Cl)C(C)(C)O)OC(=O)/C(C)=C\C)[C@@H]1C[C@@H](Cl)[C@](C)(O)[C@H](OC(C)=O)[C@@H]1OC(=O)/C(C)=C\C. The van der Waals surface area contributed by atoms with Crippen LogP contribution in [0.25, 0.3) is 0 Å². The molecule has 210 valence electrons. The van der Waals surface area contributed by atoms with Crippen molar-refractivity contribution >= 4 is 41.1 Å². The zero-order valence-corrected chi connectivity index (χ0v) is 24.4. The Morgan fingerprint density at radius 3 is 2.08 bits per heavy atom. The summed E-state index contributed by atoms with van der Waals surface area (Å²) in [6.45, 7) is 16.3. The molecule has 1 aliphatic carbocycles. The van der Waals surface area contributed by atoms with Crippen LogP contribution in [0, 0.1) is 5.92 Å². The Morgan fingerprint density at radius 1 is 1.11 bits per heavy atom. The van der Waals surface area contributed by atoms with Crippen LogP contribution < -0.4 is 0 Å². The van der Waals surface area contributed by atoms with Gasteiger partial charge in [0, 0.05) is 30.4 Å². The van der Waals surface area contributed by atoms with Crippen molar-refractivity contribution in [2.75, 3.05) is 0 Å². The van der Waals surface area contributed by atoms with Gasteiger partial charge < -0.3 is 24.4 Å². The highest BCUT2D eigenvalue weighted by Crippen LogP contribution is 2.44. The molecule has 37 heavy (non-hydrogen) atoms. The summed E-state index contributed by atoms with van der Waals surface area (Å²) < 4.78 is 17.0. The molecule has 10 heteroatoms. The highest BCUT2D eigenvalue weighted by Gasteiger charge is 2.56. The van der Waals surface area contributed by atoms with E-state index in [9.17, 15) is 24.6 Å². The first-order valence-corrected chi connectivity index (χ1v) is 13.0. The fourth-order valence-electron chi connectivity index (χ4n) is 3.85. The number of carbonyl (C=O) groups is 3. The predicted molar refractivity (Wildman–Crippen MR) is 142 cm³/mol. The van der Waals surface area contributed by atoms with Crippen molar-refractivity contribution in [1.29, 1.82) is 0 Å². The first kappa shape index (κ1) is 33.2. The molecule has 1 rings (SSSR count). The fourth-order valence-corrected chi connectivity index (χ4v) is 4.33. The number of halogens is 2. The second-order valence-electron chi connectivity index (χ2n) is 10.2. The van der Waals surface area contributed by atoms with Crippen molar-refractivity contribution in [2.45, 2.75) is 108 Å². The van der Waals surface area contributed by atoms with E-state index in [-0.39, 0.29) is 12.8 Å². The molecule has 2 N–H and O–H groups in total. The molecule has 0 aliphatic heterocycles. The van der Waals surface area contributed by atoms with Gasteiger partial charge >= 0.3 is 17.9 Å². The van der Waals surface area contributed by atoms with Gasteiger partial charge in [0.05, 0.1) is 16.4 Å². The molecule has 0 aromatic carbocycles. The van der Waals surface area contributed by atoms with Gasteiger partial charge in [-0.05, 0) is 60.5 Å². The molecule has 0 radical (unpaired) electrons. The average molecular weight is 564 g/mol. The van der Waals surface area contributed by atoms with Crippen molar-refractivity contribution in [3.63, 3.8) is 0 Å². The summed E-state index contributed by atoms with van der Waals surface area (Å²) in [6.07, 6.45) is -0.372. The minimum Gasteiger partial charge on any atom is -0.455 e. The second kappa shape index (κ2) is 13.3. The van der Waals surface area contributed by atoms with Gasteiger partial charge in [0.15, 0.2) is 6.10 Å². The van der Waals surface area contributed by atoms with E-state index in [0.29, 0.717) is 16.7 Å². The Kier molecular flexibility index (Phi) is 11.9. The van der Waals surface area contributed by atoms with Gasteiger partial charge in [-0.2, -0.15) is 0 Å². The summed E-state index contributed by atoms with van der Waals surface area (Å²) in [5, 5.41) is 19.8. The first-order valence-electron chi connectivity index (χ1n) is 12.1. The van der Waals surface area contributed by atoms with E-state index >= 15 is 0 Å². The lowest BCUT2D eigenvalue weighted by molar-refractivity contribution is -0.202. The highest BCUT2D eigenvalue weighted by atomic mass is 35.5. The van der Waals surface area contributed by atoms with Crippen molar-refractivity contribution in [3.05, 3.63) is 35.5 Å². The van der Waals surface area contributed by atoms with E-state index in [1.54, 1.807) is 39.8 Å². The summed E-state index contributed by atoms with van der Waals surface area (Å²) in [4.78, 5) is 37.5. The first-order chi connectivity index (χ1) is 16.9. The maximum absolute atomic E-state index is 12.8. The Morgan fingerprint density at radius 2 is 1.62 bits per heavy atom. The van der Waals surface area contributed by atoms with Crippen LogP contribution in [0.4, 0.5) is 0 Å². The van der Waals surface area contributed by atoms with Crippen molar-refractivity contribution in [3.8, 4) is 0 Å². The molecule has 0 saturated heterocycles. The summed E-state index contributed by atoms with van der Waals surface area (Å²) in [6, 6.07) is 0. The summed E-state index contributed by atoms with van der Waals surface area (Å²) in [5.74, 6) is -2.81. The minimum atomic E-state index is -1.76. The van der Waals surface area contributed by atoms with Crippen LogP contribution in [-0.4, -0.2) is 68.4 Å². The zero-order chi connectivity index (χ0) is 28.9. The second-order valence-corrected chi connectivity index (χ2v) is 11.3. The van der Waals surface area contributed by atoms with E-state index in [1.807, 2.05) is 0 Å². The third kappa shape index (κ3) is 8.57. The van der Waals surface area contributed by atoms with Gasteiger partial charge in [-0.25, -0.2) is 9.59 Å². The summed E-state index contributed by atoms with van der Waals surface area (Å²) in [7, 11) is 0. The molecule has 0 aromatic rings.